The summed E-state index contributed by atoms with van der Waals surface area (Å²) in [5, 5.41) is 20.5. The van der Waals surface area contributed by atoms with Crippen molar-refractivity contribution in [1.29, 1.82) is 0 Å². The fraction of sp³-hybridized carbons (Fsp3) is 0.333. The Hall–Kier alpha value is -2.22. The van der Waals surface area contributed by atoms with Crippen molar-refractivity contribution in [1.82, 2.24) is 0 Å². The Kier molecular flexibility index (Phi) is 4.56. The van der Waals surface area contributed by atoms with Crippen LogP contribution in [0, 0.1) is 20.8 Å². The average Bonchev–Trinajstić information content (AvgIpc) is 2.43. The Morgan fingerprint density at radius 3 is 2.00 bits per heavy atom. The van der Waals surface area contributed by atoms with Crippen LogP contribution in [-0.4, -0.2) is 10.2 Å². The van der Waals surface area contributed by atoms with E-state index in [1.165, 1.54) is 0 Å². The van der Waals surface area contributed by atoms with Gasteiger partial charge in [-0.05, 0) is 61.1 Å². The number of aromatic hydroxyl groups is 2. The third-order valence-corrected chi connectivity index (χ3v) is 4.06. The molecule has 0 aliphatic carbocycles. The molecule has 2 rings (SSSR count). The maximum absolute atomic E-state index is 10.3. The summed E-state index contributed by atoms with van der Waals surface area (Å²) in [6.07, 6.45) is 3.91. The summed E-state index contributed by atoms with van der Waals surface area (Å²) in [6.45, 7) is 12.1. The molecule has 2 aromatic carbocycles. The summed E-state index contributed by atoms with van der Waals surface area (Å²) >= 11 is 0. The number of rotatable bonds is 2. The predicted octanol–water partition coefficient (Wildman–Crippen LogP) is 5.49. The molecule has 0 saturated carbocycles. The molecule has 2 N–H and O–H groups in total. The Bertz CT molecular complexity index is 762. The summed E-state index contributed by atoms with van der Waals surface area (Å²) in [5.41, 5.74) is 5.50. The second kappa shape index (κ2) is 6.11. The van der Waals surface area contributed by atoms with Crippen LogP contribution >= 0.6 is 0 Å². The number of phenolic OH excluding ortho intramolecular Hbond substituents is 2. The summed E-state index contributed by atoms with van der Waals surface area (Å²) < 4.78 is 0. The molecular formula is C21H26O2. The molecule has 0 aromatic heterocycles. The molecule has 2 nitrogen and oxygen atoms in total. The van der Waals surface area contributed by atoms with Gasteiger partial charge in [0.1, 0.15) is 11.5 Å². The van der Waals surface area contributed by atoms with Gasteiger partial charge >= 0.3 is 0 Å². The third kappa shape index (κ3) is 3.76. The highest BCUT2D eigenvalue weighted by atomic mass is 16.3. The van der Waals surface area contributed by atoms with Crippen LogP contribution in [0.15, 0.2) is 24.3 Å². The number of hydrogen-bond donors (Lipinski definition) is 2. The molecule has 0 atom stereocenters. The minimum absolute atomic E-state index is 0.124. The zero-order chi connectivity index (χ0) is 17.4. The molecule has 0 heterocycles. The highest BCUT2D eigenvalue weighted by molar-refractivity contribution is 5.74. The van der Waals surface area contributed by atoms with Crippen LogP contribution in [-0.2, 0) is 5.41 Å². The number of benzene rings is 2. The van der Waals surface area contributed by atoms with Crippen molar-refractivity contribution in [2.75, 3.05) is 0 Å². The van der Waals surface area contributed by atoms with Gasteiger partial charge in [-0.15, -0.1) is 0 Å². The highest BCUT2D eigenvalue weighted by Crippen LogP contribution is 2.34. The highest BCUT2D eigenvalue weighted by Gasteiger charge is 2.19. The van der Waals surface area contributed by atoms with E-state index in [0.717, 1.165) is 33.4 Å². The predicted molar refractivity (Wildman–Crippen MR) is 98.1 cm³/mol. The lowest BCUT2D eigenvalue weighted by Crippen LogP contribution is -2.12. The zero-order valence-electron chi connectivity index (χ0n) is 14.9. The van der Waals surface area contributed by atoms with Crippen LogP contribution in [0.25, 0.3) is 12.2 Å². The molecule has 0 amide bonds. The quantitative estimate of drug-likeness (QED) is 0.720. The van der Waals surface area contributed by atoms with Gasteiger partial charge in [0.2, 0.25) is 0 Å². The molecule has 23 heavy (non-hydrogen) atoms. The maximum Gasteiger partial charge on any atom is 0.125 e. The second-order valence-corrected chi connectivity index (χ2v) is 7.34. The first-order chi connectivity index (χ1) is 10.6. The maximum atomic E-state index is 10.3. The van der Waals surface area contributed by atoms with Crippen molar-refractivity contribution >= 4 is 12.2 Å². The van der Waals surface area contributed by atoms with Crippen molar-refractivity contribution in [3.8, 4) is 11.5 Å². The fourth-order valence-electron chi connectivity index (χ4n) is 2.78. The van der Waals surface area contributed by atoms with Crippen LogP contribution in [0.3, 0.4) is 0 Å². The van der Waals surface area contributed by atoms with Crippen LogP contribution in [0.1, 0.15) is 54.2 Å². The van der Waals surface area contributed by atoms with E-state index in [4.69, 9.17) is 0 Å². The average molecular weight is 310 g/mol. The van der Waals surface area contributed by atoms with Gasteiger partial charge in [-0.25, -0.2) is 0 Å². The Balaban J connectivity index is 2.47. The molecule has 0 saturated heterocycles. The van der Waals surface area contributed by atoms with Gasteiger partial charge in [-0.2, -0.15) is 0 Å². The van der Waals surface area contributed by atoms with Crippen LogP contribution in [0.4, 0.5) is 0 Å². The monoisotopic (exact) mass is 310 g/mol. The molecule has 2 aromatic rings. The molecule has 122 valence electrons. The van der Waals surface area contributed by atoms with Gasteiger partial charge < -0.3 is 10.2 Å². The van der Waals surface area contributed by atoms with E-state index in [9.17, 15) is 10.2 Å². The topological polar surface area (TPSA) is 40.5 Å². The molecule has 0 unspecified atom stereocenters. The minimum Gasteiger partial charge on any atom is -0.507 e. The Morgan fingerprint density at radius 2 is 1.39 bits per heavy atom. The van der Waals surface area contributed by atoms with Crippen molar-refractivity contribution in [2.24, 2.45) is 0 Å². The lowest BCUT2D eigenvalue weighted by molar-refractivity contribution is 0.443. The smallest absolute Gasteiger partial charge is 0.125 e. The van der Waals surface area contributed by atoms with E-state index in [1.807, 2.05) is 57.2 Å². The first-order valence-corrected chi connectivity index (χ1v) is 7.92. The molecule has 2 heteroatoms. The number of aryl methyl sites for hydroxylation is 3. The largest absolute Gasteiger partial charge is 0.507 e. The Morgan fingerprint density at radius 1 is 0.783 bits per heavy atom. The fourth-order valence-corrected chi connectivity index (χ4v) is 2.78. The molecule has 0 aliphatic rings. The van der Waals surface area contributed by atoms with E-state index in [2.05, 4.69) is 20.8 Å². The lowest BCUT2D eigenvalue weighted by atomic mass is 9.84. The van der Waals surface area contributed by atoms with Gasteiger partial charge in [-0.3, -0.25) is 0 Å². The molecular weight excluding hydrogens is 284 g/mol. The van der Waals surface area contributed by atoms with Crippen molar-refractivity contribution < 1.29 is 10.2 Å². The Labute approximate surface area is 139 Å². The normalized spacial score (nSPS) is 12.1. The summed E-state index contributed by atoms with van der Waals surface area (Å²) in [6, 6.07) is 7.91. The van der Waals surface area contributed by atoms with Gasteiger partial charge in [-0.1, -0.05) is 44.6 Å². The number of hydrogen-bond acceptors (Lipinski definition) is 2. The van der Waals surface area contributed by atoms with Gasteiger partial charge in [0, 0.05) is 11.1 Å². The number of phenols is 2. The van der Waals surface area contributed by atoms with Crippen molar-refractivity contribution in [3.63, 3.8) is 0 Å². The van der Waals surface area contributed by atoms with Crippen molar-refractivity contribution in [2.45, 2.75) is 47.0 Å². The molecule has 0 radical (unpaired) electrons. The third-order valence-electron chi connectivity index (χ3n) is 4.06. The van der Waals surface area contributed by atoms with Gasteiger partial charge in [0.05, 0.1) is 0 Å². The van der Waals surface area contributed by atoms with E-state index in [-0.39, 0.29) is 5.41 Å². The van der Waals surface area contributed by atoms with Crippen LogP contribution in [0.5, 0.6) is 11.5 Å². The van der Waals surface area contributed by atoms with Gasteiger partial charge in [0.25, 0.3) is 0 Å². The van der Waals surface area contributed by atoms with E-state index in [1.54, 1.807) is 0 Å². The first-order valence-electron chi connectivity index (χ1n) is 7.92. The zero-order valence-corrected chi connectivity index (χ0v) is 14.9. The molecule has 0 spiro atoms. The van der Waals surface area contributed by atoms with Crippen LogP contribution < -0.4 is 0 Å². The molecule has 0 fully saturated rings. The van der Waals surface area contributed by atoms with Crippen LogP contribution in [0.2, 0.25) is 0 Å². The van der Waals surface area contributed by atoms with E-state index in [0.29, 0.717) is 11.5 Å². The first kappa shape index (κ1) is 17.1. The van der Waals surface area contributed by atoms with E-state index >= 15 is 0 Å². The molecule has 0 aliphatic heterocycles. The summed E-state index contributed by atoms with van der Waals surface area (Å²) in [7, 11) is 0. The summed E-state index contributed by atoms with van der Waals surface area (Å²) in [4.78, 5) is 0. The minimum atomic E-state index is -0.124. The second-order valence-electron chi connectivity index (χ2n) is 7.34. The van der Waals surface area contributed by atoms with Crippen molar-refractivity contribution in [3.05, 3.63) is 57.6 Å². The van der Waals surface area contributed by atoms with Gasteiger partial charge in [0.15, 0.2) is 0 Å². The standard InChI is InChI=1S/C21H26O2/c1-13-9-14(2)19(22)17(10-13)8-7-16-11-15(3)20(23)18(12-16)21(4,5)6/h7-12,22-23H,1-6H3. The SMILES string of the molecule is Cc1cc(C)c(O)c(C=Cc2cc(C)c(O)c(C(C)(C)C)c2)c1. The lowest BCUT2D eigenvalue weighted by Gasteiger charge is -2.22. The molecule has 0 bridgehead atoms. The summed E-state index contributed by atoms with van der Waals surface area (Å²) in [5.74, 6) is 0.683. The van der Waals surface area contributed by atoms with E-state index < -0.39 is 0 Å².